The fourth-order valence-corrected chi connectivity index (χ4v) is 3.52. The number of benzene rings is 2. The Kier molecular flexibility index (Phi) is 6.01. The number of hydrogen-bond acceptors (Lipinski definition) is 5. The van der Waals surface area contributed by atoms with Crippen LogP contribution in [0, 0.1) is 5.82 Å². The topological polar surface area (TPSA) is 56.6 Å². The molecule has 0 spiro atoms. The number of hydrogen-bond donors (Lipinski definition) is 0. The first-order valence-electron chi connectivity index (χ1n) is 10.2. The number of nitrogens with zero attached hydrogens (tertiary/aromatic N) is 3. The number of anilines is 1. The van der Waals surface area contributed by atoms with Crippen LogP contribution in [0.2, 0.25) is 0 Å². The van der Waals surface area contributed by atoms with E-state index in [4.69, 9.17) is 9.47 Å². The lowest BCUT2D eigenvalue weighted by atomic mass is 10.1. The van der Waals surface area contributed by atoms with Crippen LogP contribution >= 0.6 is 0 Å². The van der Waals surface area contributed by atoms with Crippen LogP contribution in [0.5, 0.6) is 17.4 Å². The largest absolute Gasteiger partial charge is 0.473 e. The van der Waals surface area contributed by atoms with Gasteiger partial charge in [-0.3, -0.25) is 4.57 Å². The lowest BCUT2D eigenvalue weighted by Gasteiger charge is -2.34. The Morgan fingerprint density at radius 3 is 2.67 bits per heavy atom. The highest BCUT2D eigenvalue weighted by molar-refractivity contribution is 5.44. The van der Waals surface area contributed by atoms with Gasteiger partial charge in [0.25, 0.3) is 0 Å². The van der Waals surface area contributed by atoms with E-state index in [1.807, 2.05) is 11.9 Å². The van der Waals surface area contributed by atoms with Crippen molar-refractivity contribution in [2.45, 2.75) is 38.7 Å². The van der Waals surface area contributed by atoms with Crippen LogP contribution in [-0.4, -0.2) is 22.6 Å². The van der Waals surface area contributed by atoms with Gasteiger partial charge in [-0.2, -0.15) is 18.2 Å². The second kappa shape index (κ2) is 8.76. The maximum absolute atomic E-state index is 14.5. The van der Waals surface area contributed by atoms with Crippen LogP contribution in [0.1, 0.15) is 24.5 Å². The number of fused-ring (bicyclic) bond motifs is 1. The highest BCUT2D eigenvalue weighted by Gasteiger charge is 2.30. The van der Waals surface area contributed by atoms with Crippen molar-refractivity contribution in [2.24, 2.45) is 0 Å². The van der Waals surface area contributed by atoms with Crippen LogP contribution in [0.25, 0.3) is 0 Å². The number of ether oxygens (including phenoxy) is 2. The molecular weight excluding hydrogens is 442 g/mol. The van der Waals surface area contributed by atoms with E-state index in [0.717, 1.165) is 24.6 Å². The predicted octanol–water partition coefficient (Wildman–Crippen LogP) is 5.00. The van der Waals surface area contributed by atoms with E-state index in [-0.39, 0.29) is 30.0 Å². The van der Waals surface area contributed by atoms with Gasteiger partial charge in [0.1, 0.15) is 18.2 Å². The summed E-state index contributed by atoms with van der Waals surface area (Å²) < 4.78 is 65.5. The van der Waals surface area contributed by atoms with Crippen molar-refractivity contribution in [2.75, 3.05) is 11.9 Å². The highest BCUT2D eigenvalue weighted by Crippen LogP contribution is 2.33. The minimum absolute atomic E-state index is 0.0596. The lowest BCUT2D eigenvalue weighted by molar-refractivity contribution is -0.137. The Morgan fingerprint density at radius 1 is 1.15 bits per heavy atom. The maximum atomic E-state index is 14.5. The SMILES string of the molecule is CC1CCn2c(cc(OCc3ccc(Oc4cccc(C(F)(F)F)c4)c(F)c3)nc2=O)N1C. The molecule has 0 amide bonds. The Labute approximate surface area is 187 Å². The van der Waals surface area contributed by atoms with Crippen molar-refractivity contribution in [3.63, 3.8) is 0 Å². The summed E-state index contributed by atoms with van der Waals surface area (Å²) in [6.45, 7) is 2.57. The fourth-order valence-electron chi connectivity index (χ4n) is 3.52. The molecule has 6 nitrogen and oxygen atoms in total. The second-order valence-electron chi connectivity index (χ2n) is 7.82. The molecule has 0 saturated heterocycles. The summed E-state index contributed by atoms with van der Waals surface area (Å²) >= 11 is 0. The zero-order valence-electron chi connectivity index (χ0n) is 17.9. The quantitative estimate of drug-likeness (QED) is 0.499. The number of rotatable bonds is 5. The smallest absolute Gasteiger partial charge is 0.416 e. The summed E-state index contributed by atoms with van der Waals surface area (Å²) in [5, 5.41) is 0. The van der Waals surface area contributed by atoms with Gasteiger partial charge in [-0.05, 0) is 49.2 Å². The molecule has 10 heteroatoms. The molecule has 1 aliphatic heterocycles. The van der Waals surface area contributed by atoms with Crippen molar-refractivity contribution >= 4 is 5.82 Å². The van der Waals surface area contributed by atoms with Crippen molar-refractivity contribution < 1.29 is 27.0 Å². The van der Waals surface area contributed by atoms with E-state index >= 15 is 0 Å². The second-order valence-corrected chi connectivity index (χ2v) is 7.82. The fraction of sp³-hybridized carbons (Fsp3) is 0.304. The minimum atomic E-state index is -4.53. The van der Waals surface area contributed by atoms with Crippen molar-refractivity contribution in [3.8, 4) is 17.4 Å². The average molecular weight is 463 g/mol. The van der Waals surface area contributed by atoms with Gasteiger partial charge in [0.2, 0.25) is 5.88 Å². The van der Waals surface area contributed by atoms with E-state index < -0.39 is 23.2 Å². The van der Waals surface area contributed by atoms with Crippen LogP contribution in [0.3, 0.4) is 0 Å². The van der Waals surface area contributed by atoms with Crippen molar-refractivity contribution in [1.82, 2.24) is 9.55 Å². The minimum Gasteiger partial charge on any atom is -0.473 e. The van der Waals surface area contributed by atoms with Crippen LogP contribution in [-0.2, 0) is 19.3 Å². The molecule has 0 fully saturated rings. The Morgan fingerprint density at radius 2 is 1.94 bits per heavy atom. The van der Waals surface area contributed by atoms with E-state index in [0.29, 0.717) is 17.9 Å². The molecule has 33 heavy (non-hydrogen) atoms. The van der Waals surface area contributed by atoms with E-state index in [1.165, 1.54) is 24.3 Å². The van der Waals surface area contributed by atoms with Gasteiger partial charge in [0, 0.05) is 25.7 Å². The molecule has 3 aromatic rings. The molecule has 0 radical (unpaired) electrons. The van der Waals surface area contributed by atoms with Gasteiger partial charge in [-0.15, -0.1) is 0 Å². The van der Waals surface area contributed by atoms with E-state index in [9.17, 15) is 22.4 Å². The zero-order chi connectivity index (χ0) is 23.8. The first kappa shape index (κ1) is 22.6. The monoisotopic (exact) mass is 463 g/mol. The standard InChI is InChI=1S/C23H21F4N3O3/c1-14-8-9-30-21(29(14)2)12-20(28-22(30)31)32-13-15-6-7-19(18(24)10-15)33-17-5-3-4-16(11-17)23(25,26)27/h3-7,10-12,14H,8-9,13H2,1-2H3. The van der Waals surface area contributed by atoms with E-state index in [2.05, 4.69) is 11.9 Å². The highest BCUT2D eigenvalue weighted by atomic mass is 19.4. The van der Waals surface area contributed by atoms with Gasteiger partial charge in [0.05, 0.1) is 5.56 Å². The number of halogens is 4. The number of aromatic nitrogens is 2. The van der Waals surface area contributed by atoms with Gasteiger partial charge in [-0.25, -0.2) is 9.18 Å². The first-order chi connectivity index (χ1) is 15.6. The Hall–Kier alpha value is -3.56. The van der Waals surface area contributed by atoms with E-state index in [1.54, 1.807) is 10.6 Å². The summed E-state index contributed by atoms with van der Waals surface area (Å²) in [5.74, 6) is -0.305. The molecule has 1 unspecified atom stereocenters. The molecule has 0 bridgehead atoms. The van der Waals surface area contributed by atoms with Crippen LogP contribution in [0.4, 0.5) is 23.4 Å². The zero-order valence-corrected chi connectivity index (χ0v) is 17.9. The lowest BCUT2D eigenvalue weighted by Crippen LogP contribution is -2.41. The van der Waals surface area contributed by atoms with Crippen molar-refractivity contribution in [3.05, 3.63) is 76.0 Å². The molecule has 1 aromatic heterocycles. The summed E-state index contributed by atoms with van der Waals surface area (Å²) in [6, 6.07) is 10.1. The predicted molar refractivity (Wildman–Crippen MR) is 113 cm³/mol. The van der Waals surface area contributed by atoms with Crippen molar-refractivity contribution in [1.29, 1.82) is 0 Å². The molecule has 2 aromatic carbocycles. The number of alkyl halides is 3. The molecule has 4 rings (SSSR count). The third kappa shape index (κ3) is 4.94. The molecule has 1 atom stereocenters. The summed E-state index contributed by atoms with van der Waals surface area (Å²) in [6.07, 6.45) is -3.70. The Balaban J connectivity index is 1.47. The molecule has 0 N–H and O–H groups in total. The summed E-state index contributed by atoms with van der Waals surface area (Å²) in [4.78, 5) is 18.2. The van der Waals surface area contributed by atoms with Gasteiger partial charge in [-0.1, -0.05) is 12.1 Å². The molecule has 1 aliphatic rings. The summed E-state index contributed by atoms with van der Waals surface area (Å²) in [5.41, 5.74) is -0.874. The van der Waals surface area contributed by atoms with Gasteiger partial charge >= 0.3 is 11.9 Å². The average Bonchev–Trinajstić information content (AvgIpc) is 2.76. The third-order valence-corrected chi connectivity index (χ3v) is 5.53. The van der Waals surface area contributed by atoms with Crippen LogP contribution < -0.4 is 20.1 Å². The normalized spacial score (nSPS) is 15.8. The molecule has 174 valence electrons. The van der Waals surface area contributed by atoms with Gasteiger partial charge < -0.3 is 14.4 Å². The summed E-state index contributed by atoms with van der Waals surface area (Å²) in [7, 11) is 1.89. The van der Waals surface area contributed by atoms with Crippen LogP contribution in [0.15, 0.2) is 53.3 Å². The molecule has 0 aliphatic carbocycles. The first-order valence-corrected chi connectivity index (χ1v) is 10.2. The molecule has 2 heterocycles. The molecular formula is C23H21F4N3O3. The third-order valence-electron chi connectivity index (χ3n) is 5.53. The van der Waals surface area contributed by atoms with Gasteiger partial charge in [0.15, 0.2) is 11.6 Å². The maximum Gasteiger partial charge on any atom is 0.416 e. The molecule has 0 saturated carbocycles. The Bertz CT molecular complexity index is 1230.